The van der Waals surface area contributed by atoms with Crippen LogP contribution in [-0.4, -0.2) is 18.5 Å². The van der Waals surface area contributed by atoms with Gasteiger partial charge in [-0.2, -0.15) is 0 Å². The fraction of sp³-hybridized carbons (Fsp3) is 0.143. The summed E-state index contributed by atoms with van der Waals surface area (Å²) < 4.78 is 10.4. The molecule has 0 amide bonds. The second-order valence-corrected chi connectivity index (χ2v) is 7.62. The van der Waals surface area contributed by atoms with Gasteiger partial charge >= 0.3 is 11.9 Å². The van der Waals surface area contributed by atoms with Crippen LogP contribution in [0.2, 0.25) is 0 Å². The molecule has 33 heavy (non-hydrogen) atoms. The minimum Gasteiger partial charge on any atom is -0.462 e. The Morgan fingerprint density at radius 1 is 0.879 bits per heavy atom. The molecule has 0 bridgehead atoms. The molecule has 0 fully saturated rings. The topological polar surface area (TPSA) is 55.8 Å². The highest BCUT2D eigenvalue weighted by atomic mass is 16.5. The normalized spacial score (nSPS) is 10.2. The first-order valence-electron chi connectivity index (χ1n) is 10.6. The molecule has 3 aromatic carbocycles. The Labute approximate surface area is 194 Å². The quantitative estimate of drug-likeness (QED) is 0.224. The van der Waals surface area contributed by atoms with Crippen molar-refractivity contribution in [1.82, 2.24) is 0 Å². The zero-order chi connectivity index (χ0) is 23.8. The Hall–Kier alpha value is -4.12. The van der Waals surface area contributed by atoms with E-state index in [2.05, 4.69) is 42.3 Å². The molecule has 5 nitrogen and oxygen atoms in total. The number of carbonyl (C=O) groups is 2. The first-order chi connectivity index (χ1) is 15.9. The van der Waals surface area contributed by atoms with Crippen LogP contribution in [0.5, 0.6) is 5.75 Å². The molecule has 0 aliphatic carbocycles. The van der Waals surface area contributed by atoms with E-state index in [9.17, 15) is 9.59 Å². The van der Waals surface area contributed by atoms with Crippen molar-refractivity contribution in [3.8, 4) is 5.75 Å². The van der Waals surface area contributed by atoms with Crippen LogP contribution in [-0.2, 0) is 20.7 Å². The zero-order valence-electron chi connectivity index (χ0n) is 18.9. The molecule has 3 aromatic rings. The number of hydrogen-bond donors (Lipinski definition) is 0. The van der Waals surface area contributed by atoms with Crippen LogP contribution in [0.3, 0.4) is 0 Å². The molecule has 0 saturated heterocycles. The van der Waals surface area contributed by atoms with Crippen molar-refractivity contribution in [2.45, 2.75) is 20.3 Å². The van der Waals surface area contributed by atoms with Crippen LogP contribution in [0, 0.1) is 6.92 Å². The number of benzene rings is 3. The Balaban J connectivity index is 1.83. The summed E-state index contributed by atoms with van der Waals surface area (Å²) in [7, 11) is 0. The van der Waals surface area contributed by atoms with E-state index in [1.165, 1.54) is 5.56 Å². The first kappa shape index (κ1) is 23.5. The Morgan fingerprint density at radius 2 is 1.39 bits per heavy atom. The lowest BCUT2D eigenvalue weighted by Crippen LogP contribution is -2.11. The maximum Gasteiger partial charge on any atom is 0.335 e. The van der Waals surface area contributed by atoms with E-state index in [-0.39, 0.29) is 5.97 Å². The number of anilines is 3. The van der Waals surface area contributed by atoms with Crippen LogP contribution in [0.4, 0.5) is 17.1 Å². The number of aryl methyl sites for hydroxylation is 1. The molecular weight excluding hydrogens is 414 g/mol. The fourth-order valence-corrected chi connectivity index (χ4v) is 3.16. The molecule has 168 valence electrons. The van der Waals surface area contributed by atoms with E-state index in [4.69, 9.17) is 9.47 Å². The molecule has 0 aliphatic heterocycles. The monoisotopic (exact) mass is 441 g/mol. The van der Waals surface area contributed by atoms with Crippen LogP contribution >= 0.6 is 0 Å². The summed E-state index contributed by atoms with van der Waals surface area (Å²) in [5.74, 6) is -0.422. The van der Waals surface area contributed by atoms with Crippen molar-refractivity contribution in [3.05, 3.63) is 109 Å². The minimum absolute atomic E-state index is 0.303. The second kappa shape index (κ2) is 11.0. The predicted octanol–water partition coefficient (Wildman–Crippen LogP) is 6.22. The number of esters is 2. The minimum atomic E-state index is -0.498. The third-order valence-corrected chi connectivity index (χ3v) is 4.94. The molecule has 3 rings (SSSR count). The number of rotatable bonds is 9. The van der Waals surface area contributed by atoms with E-state index in [0.717, 1.165) is 28.7 Å². The predicted molar refractivity (Wildman–Crippen MR) is 131 cm³/mol. The molecule has 0 aromatic heterocycles. The molecular formula is C28H27NO4. The third kappa shape index (κ3) is 6.43. The summed E-state index contributed by atoms with van der Waals surface area (Å²) in [5.41, 5.74) is 5.51. The number of ether oxygens (including phenoxy) is 2. The van der Waals surface area contributed by atoms with Crippen LogP contribution in [0.15, 0.2) is 97.6 Å². The zero-order valence-corrected chi connectivity index (χ0v) is 18.9. The van der Waals surface area contributed by atoms with Crippen LogP contribution in [0.1, 0.15) is 18.1 Å². The van der Waals surface area contributed by atoms with Crippen LogP contribution in [0.25, 0.3) is 0 Å². The number of nitrogens with zero attached hydrogens (tertiary/aromatic N) is 1. The molecule has 0 heterocycles. The third-order valence-electron chi connectivity index (χ3n) is 4.94. The summed E-state index contributed by atoms with van der Waals surface area (Å²) in [6.45, 7) is 11.0. The van der Waals surface area contributed by atoms with E-state index in [1.54, 1.807) is 19.1 Å². The van der Waals surface area contributed by atoms with E-state index >= 15 is 0 Å². The lowest BCUT2D eigenvalue weighted by Gasteiger charge is -2.26. The smallest absolute Gasteiger partial charge is 0.335 e. The molecule has 0 unspecified atom stereocenters. The van der Waals surface area contributed by atoms with Gasteiger partial charge in [0.1, 0.15) is 5.75 Å². The second-order valence-electron chi connectivity index (χ2n) is 7.62. The van der Waals surface area contributed by atoms with E-state index in [1.807, 2.05) is 43.3 Å². The summed E-state index contributed by atoms with van der Waals surface area (Å²) in [5, 5.41) is 0. The van der Waals surface area contributed by atoms with Crippen LogP contribution < -0.4 is 9.64 Å². The first-order valence-corrected chi connectivity index (χ1v) is 10.6. The summed E-state index contributed by atoms with van der Waals surface area (Å²) in [4.78, 5) is 25.1. The van der Waals surface area contributed by atoms with Crippen molar-refractivity contribution in [2.24, 2.45) is 0 Å². The largest absolute Gasteiger partial charge is 0.462 e. The average molecular weight is 442 g/mol. The van der Waals surface area contributed by atoms with Gasteiger partial charge in [-0.05, 0) is 67.9 Å². The van der Waals surface area contributed by atoms with Gasteiger partial charge in [0.15, 0.2) is 0 Å². The molecule has 0 radical (unpaired) electrons. The SMILES string of the molecule is C=CC(=O)Oc1ccc(N(c2ccc(C)cc2)c2ccc(CCOC(=O)C(=C)C)cc2)cc1. The molecule has 0 saturated carbocycles. The van der Waals surface area contributed by atoms with Gasteiger partial charge < -0.3 is 14.4 Å². The van der Waals surface area contributed by atoms with Gasteiger partial charge in [-0.1, -0.05) is 43.0 Å². The van der Waals surface area contributed by atoms with Gasteiger partial charge in [0.25, 0.3) is 0 Å². The Kier molecular flexibility index (Phi) is 7.82. The van der Waals surface area contributed by atoms with Crippen molar-refractivity contribution in [3.63, 3.8) is 0 Å². The molecule has 0 aliphatic rings. The van der Waals surface area contributed by atoms with Gasteiger partial charge in [-0.15, -0.1) is 0 Å². The highest BCUT2D eigenvalue weighted by Crippen LogP contribution is 2.35. The summed E-state index contributed by atoms with van der Waals surface area (Å²) >= 11 is 0. The van der Waals surface area contributed by atoms with Gasteiger partial charge in [0.05, 0.1) is 6.61 Å². The number of carbonyl (C=O) groups excluding carboxylic acids is 2. The average Bonchev–Trinajstić information content (AvgIpc) is 2.82. The lowest BCUT2D eigenvalue weighted by atomic mass is 10.1. The van der Waals surface area contributed by atoms with Crippen molar-refractivity contribution < 1.29 is 19.1 Å². The summed E-state index contributed by atoms with van der Waals surface area (Å²) in [6, 6.07) is 23.6. The Bertz CT molecular complexity index is 1130. The molecule has 0 N–H and O–H groups in total. The highest BCUT2D eigenvalue weighted by molar-refractivity contribution is 5.87. The lowest BCUT2D eigenvalue weighted by molar-refractivity contribution is -0.138. The maximum atomic E-state index is 11.6. The maximum absolute atomic E-state index is 11.6. The Morgan fingerprint density at radius 3 is 1.91 bits per heavy atom. The van der Waals surface area contributed by atoms with E-state index < -0.39 is 5.97 Å². The molecule has 0 spiro atoms. The standard InChI is InChI=1S/C28H27NO4/c1-5-27(30)33-26-16-14-25(15-17-26)29(23-10-6-21(4)7-11-23)24-12-8-22(9-13-24)18-19-32-28(31)20(2)3/h5-17H,1-2,18-19H2,3-4H3. The molecule has 0 atom stereocenters. The summed E-state index contributed by atoms with van der Waals surface area (Å²) in [6.07, 6.45) is 1.75. The van der Waals surface area contributed by atoms with Crippen molar-refractivity contribution in [1.29, 1.82) is 0 Å². The van der Waals surface area contributed by atoms with Crippen molar-refractivity contribution >= 4 is 29.0 Å². The van der Waals surface area contributed by atoms with Gasteiger partial charge in [0, 0.05) is 35.1 Å². The van der Waals surface area contributed by atoms with Gasteiger partial charge in [0.2, 0.25) is 0 Å². The number of hydrogen-bond acceptors (Lipinski definition) is 5. The van der Waals surface area contributed by atoms with Crippen molar-refractivity contribution in [2.75, 3.05) is 11.5 Å². The fourth-order valence-electron chi connectivity index (χ4n) is 3.16. The van der Waals surface area contributed by atoms with Gasteiger partial charge in [-0.25, -0.2) is 9.59 Å². The van der Waals surface area contributed by atoms with Gasteiger partial charge in [-0.3, -0.25) is 0 Å². The van der Waals surface area contributed by atoms with E-state index in [0.29, 0.717) is 24.4 Å². The molecule has 5 heteroatoms. The highest BCUT2D eigenvalue weighted by Gasteiger charge is 2.13.